The second kappa shape index (κ2) is 6.15. The number of benzene rings is 2. The first-order chi connectivity index (χ1) is 8.81. The summed E-state index contributed by atoms with van der Waals surface area (Å²) in [5.74, 6) is 1.54. The van der Waals surface area contributed by atoms with Gasteiger partial charge >= 0.3 is 0 Å². The van der Waals surface area contributed by atoms with E-state index in [9.17, 15) is 0 Å². The molecule has 2 nitrogen and oxygen atoms in total. The Kier molecular flexibility index (Phi) is 4.29. The Morgan fingerprint density at radius 3 is 2.33 bits per heavy atom. The first-order valence-electron chi connectivity index (χ1n) is 5.86. The third-order valence-corrected chi connectivity index (χ3v) is 2.66. The summed E-state index contributed by atoms with van der Waals surface area (Å²) in [5.41, 5.74) is 2.13. The predicted octanol–water partition coefficient (Wildman–Crippen LogP) is 2.94. The highest BCUT2D eigenvalue weighted by Gasteiger charge is 2.01. The monoisotopic (exact) mass is 238 g/mol. The van der Waals surface area contributed by atoms with Crippen LogP contribution in [0.2, 0.25) is 0 Å². The van der Waals surface area contributed by atoms with Gasteiger partial charge in [-0.2, -0.15) is 0 Å². The van der Waals surface area contributed by atoms with Crippen molar-refractivity contribution < 1.29 is 9.47 Å². The van der Waals surface area contributed by atoms with Gasteiger partial charge in [0, 0.05) is 6.07 Å². The maximum absolute atomic E-state index is 5.74. The lowest BCUT2D eigenvalue weighted by molar-refractivity contribution is 0.303. The van der Waals surface area contributed by atoms with Crippen molar-refractivity contribution in [3.63, 3.8) is 0 Å². The Hall–Kier alpha value is -1.90. The zero-order valence-corrected chi connectivity index (χ0v) is 10.4. The van der Waals surface area contributed by atoms with Crippen molar-refractivity contribution in [1.29, 1.82) is 0 Å². The van der Waals surface area contributed by atoms with Crippen LogP contribution in [0, 0.1) is 0 Å². The summed E-state index contributed by atoms with van der Waals surface area (Å²) in [6.07, 6.45) is 0.471. The highest BCUT2D eigenvalue weighted by atomic mass is 16.5. The lowest BCUT2D eigenvalue weighted by atomic mass is 9.97. The Balaban J connectivity index is 2.09. The fraction of sp³-hybridized carbons (Fsp3) is 0.200. The van der Waals surface area contributed by atoms with E-state index in [-0.39, 0.29) is 0 Å². The summed E-state index contributed by atoms with van der Waals surface area (Å²) in [6, 6.07) is 15.8. The van der Waals surface area contributed by atoms with Crippen molar-refractivity contribution in [2.24, 2.45) is 0 Å². The summed E-state index contributed by atoms with van der Waals surface area (Å²) in [4.78, 5) is 0. The molecule has 0 atom stereocenters. The fourth-order valence-corrected chi connectivity index (χ4v) is 1.69. The lowest BCUT2D eigenvalue weighted by Crippen LogP contribution is -1.97. The first kappa shape index (κ1) is 12.6. The molecule has 0 saturated heterocycles. The molecule has 0 heterocycles. The normalized spacial score (nSPS) is 10.1. The van der Waals surface area contributed by atoms with Crippen LogP contribution >= 0.6 is 0 Å². The molecule has 0 aliphatic rings. The molecule has 0 fully saturated rings. The van der Waals surface area contributed by atoms with Crippen LogP contribution in [0.4, 0.5) is 0 Å². The van der Waals surface area contributed by atoms with Gasteiger partial charge in [-0.3, -0.25) is 0 Å². The second-order valence-electron chi connectivity index (χ2n) is 4.00. The highest BCUT2D eigenvalue weighted by molar-refractivity contribution is 6.08. The van der Waals surface area contributed by atoms with Gasteiger partial charge in [0.2, 0.25) is 0 Å². The molecule has 90 valence electrons. The average Bonchev–Trinajstić information content (AvgIpc) is 2.45. The minimum Gasteiger partial charge on any atom is -0.497 e. The third kappa shape index (κ3) is 3.30. The zero-order chi connectivity index (χ0) is 12.8. The highest BCUT2D eigenvalue weighted by Crippen LogP contribution is 2.23. The SMILES string of the molecule is [B]Cc1cc(OC)cc(OCc2ccccc2)c1. The number of rotatable bonds is 5. The Morgan fingerprint density at radius 2 is 1.67 bits per heavy atom. The lowest BCUT2D eigenvalue weighted by Gasteiger charge is -2.10. The van der Waals surface area contributed by atoms with Gasteiger partial charge in [-0.25, -0.2) is 0 Å². The van der Waals surface area contributed by atoms with Gasteiger partial charge in [-0.05, 0) is 23.3 Å². The molecule has 2 radical (unpaired) electrons. The van der Waals surface area contributed by atoms with Gasteiger partial charge in [0.25, 0.3) is 0 Å². The summed E-state index contributed by atoms with van der Waals surface area (Å²) < 4.78 is 11.0. The summed E-state index contributed by atoms with van der Waals surface area (Å²) >= 11 is 0. The van der Waals surface area contributed by atoms with Crippen molar-refractivity contribution >= 4 is 7.85 Å². The van der Waals surface area contributed by atoms with Crippen LogP contribution in [-0.4, -0.2) is 15.0 Å². The van der Waals surface area contributed by atoms with Crippen LogP contribution in [0.3, 0.4) is 0 Å². The molecule has 0 bridgehead atoms. The van der Waals surface area contributed by atoms with Crippen LogP contribution in [0.5, 0.6) is 11.5 Å². The number of hydrogen-bond acceptors (Lipinski definition) is 2. The number of ether oxygens (including phenoxy) is 2. The van der Waals surface area contributed by atoms with Crippen LogP contribution in [0.1, 0.15) is 11.1 Å². The summed E-state index contributed by atoms with van der Waals surface area (Å²) in [7, 11) is 7.27. The van der Waals surface area contributed by atoms with E-state index in [4.69, 9.17) is 17.3 Å². The molecule has 0 unspecified atom stereocenters. The van der Waals surface area contributed by atoms with Gasteiger partial charge in [-0.15, -0.1) is 0 Å². The minimum absolute atomic E-state index is 0.471. The third-order valence-electron chi connectivity index (χ3n) is 2.66. The molecule has 0 aliphatic heterocycles. The molecule has 0 spiro atoms. The van der Waals surface area contributed by atoms with E-state index < -0.39 is 0 Å². The molecule has 18 heavy (non-hydrogen) atoms. The molecular weight excluding hydrogens is 223 g/mol. The number of hydrogen-bond donors (Lipinski definition) is 0. The van der Waals surface area contributed by atoms with Crippen molar-refractivity contribution in [2.45, 2.75) is 12.9 Å². The van der Waals surface area contributed by atoms with E-state index in [1.165, 1.54) is 0 Å². The molecule has 0 N–H and O–H groups in total. The Bertz CT molecular complexity index is 475. The fourth-order valence-electron chi connectivity index (χ4n) is 1.69. The van der Waals surface area contributed by atoms with Crippen molar-refractivity contribution in [2.75, 3.05) is 7.11 Å². The molecule has 3 heteroatoms. The van der Waals surface area contributed by atoms with Gasteiger partial charge in [0.1, 0.15) is 18.1 Å². The van der Waals surface area contributed by atoms with E-state index in [0.29, 0.717) is 12.9 Å². The van der Waals surface area contributed by atoms with Gasteiger partial charge in [0.15, 0.2) is 0 Å². The van der Waals surface area contributed by atoms with Crippen molar-refractivity contribution in [3.8, 4) is 11.5 Å². The molecule has 2 aromatic carbocycles. The van der Waals surface area contributed by atoms with Crippen molar-refractivity contribution in [3.05, 3.63) is 59.7 Å². The Morgan fingerprint density at radius 1 is 0.944 bits per heavy atom. The van der Waals surface area contributed by atoms with E-state index in [0.717, 1.165) is 22.6 Å². The average molecular weight is 238 g/mol. The Labute approximate surface area is 109 Å². The summed E-state index contributed by atoms with van der Waals surface area (Å²) in [5, 5.41) is 0. The van der Waals surface area contributed by atoms with E-state index in [1.807, 2.05) is 48.5 Å². The quantitative estimate of drug-likeness (QED) is 0.745. The molecule has 0 amide bonds. The maximum atomic E-state index is 5.74. The molecule has 2 rings (SSSR count). The minimum atomic E-state index is 0.471. The topological polar surface area (TPSA) is 18.5 Å². The largest absolute Gasteiger partial charge is 0.497 e. The standard InChI is InChI=1S/C15H15BO2/c1-17-14-7-13(10-16)8-15(9-14)18-11-12-5-3-2-4-6-12/h2-9H,10-11H2,1H3. The summed E-state index contributed by atoms with van der Waals surface area (Å²) in [6.45, 7) is 0.540. The van der Waals surface area contributed by atoms with E-state index in [2.05, 4.69) is 0 Å². The van der Waals surface area contributed by atoms with Crippen LogP contribution in [-0.2, 0) is 12.9 Å². The van der Waals surface area contributed by atoms with Crippen molar-refractivity contribution in [1.82, 2.24) is 0 Å². The smallest absolute Gasteiger partial charge is 0.123 e. The second-order valence-corrected chi connectivity index (χ2v) is 4.00. The van der Waals surface area contributed by atoms with Gasteiger partial charge < -0.3 is 9.47 Å². The molecule has 0 aliphatic carbocycles. The first-order valence-corrected chi connectivity index (χ1v) is 5.86. The molecular formula is C15H15BO2. The van der Waals surface area contributed by atoms with Crippen LogP contribution in [0.15, 0.2) is 48.5 Å². The van der Waals surface area contributed by atoms with E-state index >= 15 is 0 Å². The predicted molar refractivity (Wildman–Crippen MR) is 73.2 cm³/mol. The molecule has 0 saturated carbocycles. The van der Waals surface area contributed by atoms with Crippen LogP contribution < -0.4 is 9.47 Å². The van der Waals surface area contributed by atoms with Crippen LogP contribution in [0.25, 0.3) is 0 Å². The number of methoxy groups -OCH3 is 1. The van der Waals surface area contributed by atoms with E-state index in [1.54, 1.807) is 7.11 Å². The molecule has 0 aromatic heterocycles. The zero-order valence-electron chi connectivity index (χ0n) is 10.4. The molecule has 2 aromatic rings. The maximum Gasteiger partial charge on any atom is 0.123 e. The van der Waals surface area contributed by atoms with Gasteiger partial charge in [-0.1, -0.05) is 36.7 Å². The van der Waals surface area contributed by atoms with Gasteiger partial charge in [0.05, 0.1) is 15.0 Å².